The molecule has 3 aromatic rings. The summed E-state index contributed by atoms with van der Waals surface area (Å²) in [5.41, 5.74) is 1.83. The predicted octanol–water partition coefficient (Wildman–Crippen LogP) is 1.26. The molecule has 0 aromatic carbocycles. The molecular weight excluding hydrogens is 460 g/mol. The van der Waals surface area contributed by atoms with Crippen LogP contribution in [0.25, 0.3) is 11.5 Å². The van der Waals surface area contributed by atoms with Gasteiger partial charge in [-0.2, -0.15) is 10.4 Å². The van der Waals surface area contributed by atoms with Gasteiger partial charge in [-0.05, 0) is 19.4 Å². The quantitative estimate of drug-likeness (QED) is 0.493. The van der Waals surface area contributed by atoms with E-state index in [1.807, 2.05) is 4.90 Å². The number of aromatic amines is 1. The molecule has 1 aliphatic rings. The Morgan fingerprint density at radius 1 is 1.38 bits per heavy atom. The third kappa shape index (κ3) is 4.37. The van der Waals surface area contributed by atoms with Crippen molar-refractivity contribution in [1.82, 2.24) is 30.0 Å². The molecule has 0 spiro atoms. The minimum atomic E-state index is -0.495. The molecule has 13 heteroatoms. The summed E-state index contributed by atoms with van der Waals surface area (Å²) in [6.45, 7) is 2.79. The third-order valence-electron chi connectivity index (χ3n) is 5.74. The average molecular weight is 485 g/mol. The molecule has 1 amide bonds. The highest BCUT2D eigenvalue weighted by Crippen LogP contribution is 2.34. The number of piperidine rings is 1. The van der Waals surface area contributed by atoms with E-state index in [1.165, 1.54) is 24.8 Å². The number of anilines is 1. The van der Waals surface area contributed by atoms with Crippen molar-refractivity contribution in [3.8, 4) is 17.6 Å². The fourth-order valence-electron chi connectivity index (χ4n) is 3.87. The number of thiazole rings is 1. The summed E-state index contributed by atoms with van der Waals surface area (Å²) in [7, 11) is 4.64. The summed E-state index contributed by atoms with van der Waals surface area (Å²) in [6, 6.07) is 3.37. The molecule has 0 radical (unpaired) electrons. The van der Waals surface area contributed by atoms with E-state index in [-0.39, 0.29) is 18.1 Å². The minimum Gasteiger partial charge on any atom is -0.465 e. The Labute approximate surface area is 199 Å². The molecule has 1 saturated heterocycles. The number of esters is 1. The first-order valence-electron chi connectivity index (χ1n) is 10.5. The predicted molar refractivity (Wildman–Crippen MR) is 123 cm³/mol. The Bertz CT molecular complexity index is 1260. The number of carbonyl (C=O) groups is 2. The van der Waals surface area contributed by atoms with Gasteiger partial charge in [0.1, 0.15) is 28.7 Å². The van der Waals surface area contributed by atoms with Crippen molar-refractivity contribution in [1.29, 1.82) is 5.26 Å². The summed E-state index contributed by atoms with van der Waals surface area (Å²) >= 11 is 1.22. The highest BCUT2D eigenvalue weighted by molar-refractivity contribution is 7.17. The lowest BCUT2D eigenvalue weighted by Gasteiger charge is -2.37. The van der Waals surface area contributed by atoms with E-state index >= 15 is 0 Å². The van der Waals surface area contributed by atoms with Gasteiger partial charge in [0.25, 0.3) is 5.91 Å². The van der Waals surface area contributed by atoms with Crippen LogP contribution in [-0.4, -0.2) is 76.1 Å². The van der Waals surface area contributed by atoms with Gasteiger partial charge in [0.2, 0.25) is 0 Å². The normalized spacial score (nSPS) is 17.9. The minimum absolute atomic E-state index is 0.235. The first-order chi connectivity index (χ1) is 16.4. The van der Waals surface area contributed by atoms with E-state index < -0.39 is 5.97 Å². The fraction of sp³-hybridized carbons (Fsp3) is 0.429. The van der Waals surface area contributed by atoms with Crippen LogP contribution in [0.1, 0.15) is 37.8 Å². The molecule has 34 heavy (non-hydrogen) atoms. The molecule has 3 aromatic heterocycles. The van der Waals surface area contributed by atoms with E-state index in [1.54, 1.807) is 31.8 Å². The van der Waals surface area contributed by atoms with Crippen LogP contribution in [0.2, 0.25) is 0 Å². The number of hydrogen-bond acceptors (Lipinski definition) is 10. The van der Waals surface area contributed by atoms with Crippen LogP contribution < -0.4 is 10.2 Å². The lowest BCUT2D eigenvalue weighted by Crippen LogP contribution is -2.55. The number of carbonyl (C=O) groups excluding carboxylic acids is 2. The number of aromatic nitrogens is 5. The number of H-pyrrole nitrogens is 1. The molecule has 178 valence electrons. The lowest BCUT2D eigenvalue weighted by atomic mass is 10.0. The summed E-state index contributed by atoms with van der Waals surface area (Å²) in [5, 5.41) is 16.8. The number of methoxy groups -OCH3 is 2. The van der Waals surface area contributed by atoms with Crippen molar-refractivity contribution in [2.45, 2.75) is 25.5 Å². The van der Waals surface area contributed by atoms with Crippen LogP contribution >= 0.6 is 11.3 Å². The molecule has 2 N–H and O–H groups in total. The van der Waals surface area contributed by atoms with Gasteiger partial charge < -0.3 is 24.7 Å². The highest BCUT2D eigenvalue weighted by Gasteiger charge is 2.34. The van der Waals surface area contributed by atoms with Crippen LogP contribution in [0.4, 0.5) is 5.13 Å². The van der Waals surface area contributed by atoms with Gasteiger partial charge in [-0.15, -0.1) is 0 Å². The first-order valence-corrected chi connectivity index (χ1v) is 11.3. The number of nitriles is 1. The van der Waals surface area contributed by atoms with Crippen molar-refractivity contribution in [2.24, 2.45) is 7.05 Å². The molecule has 0 aliphatic carbocycles. The third-order valence-corrected chi connectivity index (χ3v) is 6.83. The number of nitrogens with zero attached hydrogens (tertiary/aromatic N) is 6. The summed E-state index contributed by atoms with van der Waals surface area (Å²) in [5.74, 6) is -0.326. The Hall–Kier alpha value is -3.76. The molecule has 0 saturated carbocycles. The van der Waals surface area contributed by atoms with Crippen molar-refractivity contribution >= 4 is 28.3 Å². The van der Waals surface area contributed by atoms with Gasteiger partial charge in [-0.3, -0.25) is 4.79 Å². The van der Waals surface area contributed by atoms with Crippen LogP contribution in [0.15, 0.2) is 12.4 Å². The van der Waals surface area contributed by atoms with Crippen molar-refractivity contribution in [3.63, 3.8) is 0 Å². The second-order valence-corrected chi connectivity index (χ2v) is 8.77. The standard InChI is InChI=1S/C21H24N8O4S/c1-11-12(8-22)7-14(25-11)19(30)26-13-5-6-29(9-15(13)32-3)21-27-16(17(34-21)20(31)33-4)18-23-10-24-28(18)2/h7,10,13,15,25H,5-6,9H2,1-4H3,(H,26,30). The zero-order valence-electron chi connectivity index (χ0n) is 19.2. The van der Waals surface area contributed by atoms with Crippen molar-refractivity contribution in [2.75, 3.05) is 32.2 Å². The maximum absolute atomic E-state index is 12.7. The summed E-state index contributed by atoms with van der Waals surface area (Å²) in [6.07, 6.45) is 1.69. The zero-order valence-corrected chi connectivity index (χ0v) is 20.0. The van der Waals surface area contributed by atoms with Crippen molar-refractivity contribution in [3.05, 3.63) is 34.2 Å². The maximum Gasteiger partial charge on any atom is 0.350 e. The van der Waals surface area contributed by atoms with E-state index in [2.05, 4.69) is 31.4 Å². The largest absolute Gasteiger partial charge is 0.465 e. The number of hydrogen-bond donors (Lipinski definition) is 2. The van der Waals surface area contributed by atoms with E-state index in [9.17, 15) is 9.59 Å². The molecule has 4 rings (SSSR count). The number of nitrogens with one attached hydrogen (secondary N) is 2. The van der Waals surface area contributed by atoms with Gasteiger partial charge >= 0.3 is 5.97 Å². The highest BCUT2D eigenvalue weighted by atomic mass is 32.1. The van der Waals surface area contributed by atoms with Gasteiger partial charge in [0.05, 0.1) is 24.8 Å². The molecular formula is C21H24N8O4S. The zero-order chi connectivity index (χ0) is 24.4. The van der Waals surface area contributed by atoms with E-state index in [0.717, 1.165) is 0 Å². The SMILES string of the molecule is COC(=O)c1sc(N2CCC(NC(=O)c3cc(C#N)c(C)[nH]3)C(OC)C2)nc1-c1ncnn1C. The molecule has 12 nitrogen and oxygen atoms in total. The van der Waals surface area contributed by atoms with Crippen LogP contribution in [-0.2, 0) is 16.5 Å². The first kappa shape index (κ1) is 23.4. The second-order valence-electron chi connectivity index (χ2n) is 7.80. The number of rotatable bonds is 6. The smallest absolute Gasteiger partial charge is 0.350 e. The van der Waals surface area contributed by atoms with Gasteiger partial charge in [0, 0.05) is 32.9 Å². The van der Waals surface area contributed by atoms with E-state index in [4.69, 9.17) is 14.7 Å². The van der Waals surface area contributed by atoms with E-state index in [0.29, 0.717) is 58.0 Å². The Balaban J connectivity index is 1.52. The number of amides is 1. The second kappa shape index (κ2) is 9.62. The Morgan fingerprint density at radius 2 is 2.18 bits per heavy atom. The molecule has 2 unspecified atom stereocenters. The van der Waals surface area contributed by atoms with Crippen molar-refractivity contribution < 1.29 is 19.1 Å². The maximum atomic E-state index is 12.7. The van der Waals surface area contributed by atoms with Gasteiger partial charge in [-0.1, -0.05) is 11.3 Å². The number of ether oxygens (including phenoxy) is 2. The topological polar surface area (TPSA) is 151 Å². The fourth-order valence-corrected chi connectivity index (χ4v) is 4.89. The molecule has 1 aliphatic heterocycles. The Morgan fingerprint density at radius 3 is 2.79 bits per heavy atom. The lowest BCUT2D eigenvalue weighted by molar-refractivity contribution is 0.0540. The molecule has 4 heterocycles. The van der Waals surface area contributed by atoms with Crippen LogP contribution in [0.5, 0.6) is 0 Å². The molecule has 1 fully saturated rings. The number of aryl methyl sites for hydroxylation is 2. The Kier molecular flexibility index (Phi) is 6.62. The molecule has 2 atom stereocenters. The average Bonchev–Trinajstić information content (AvgIpc) is 3.56. The van der Waals surface area contributed by atoms with Crippen LogP contribution in [0.3, 0.4) is 0 Å². The summed E-state index contributed by atoms with van der Waals surface area (Å²) < 4.78 is 12.2. The van der Waals surface area contributed by atoms with Crippen LogP contribution in [0, 0.1) is 18.3 Å². The van der Waals surface area contributed by atoms with Gasteiger partial charge in [0.15, 0.2) is 11.0 Å². The molecule has 0 bridgehead atoms. The monoisotopic (exact) mass is 484 g/mol. The summed E-state index contributed by atoms with van der Waals surface area (Å²) in [4.78, 5) is 39.3. The van der Waals surface area contributed by atoms with Gasteiger partial charge in [-0.25, -0.2) is 19.4 Å².